The zero-order valence-electron chi connectivity index (χ0n) is 10.4. The molecule has 0 aliphatic carbocycles. The number of hydrogen-bond acceptors (Lipinski definition) is 3. The second-order valence-electron chi connectivity index (χ2n) is 3.90. The van der Waals surface area contributed by atoms with Crippen molar-refractivity contribution in [3.05, 3.63) is 47.5 Å². The summed E-state index contributed by atoms with van der Waals surface area (Å²) >= 11 is 6.04. The molecule has 0 radical (unpaired) electrons. The van der Waals surface area contributed by atoms with E-state index >= 15 is 0 Å². The summed E-state index contributed by atoms with van der Waals surface area (Å²) in [5.74, 6) is 0.791. The Morgan fingerprint density at radius 1 is 1.06 bits per heavy atom. The number of nitrogens with two attached hydrogens (primary N) is 1. The Bertz CT molecular complexity index is 557. The number of anilines is 3. The molecule has 0 aromatic heterocycles. The van der Waals surface area contributed by atoms with Gasteiger partial charge in [-0.3, -0.25) is 0 Å². The summed E-state index contributed by atoms with van der Waals surface area (Å²) in [5, 5.41) is 0.550. The highest BCUT2D eigenvalue weighted by atomic mass is 35.5. The molecule has 0 heterocycles. The molecule has 0 aliphatic rings. The van der Waals surface area contributed by atoms with Gasteiger partial charge in [-0.25, -0.2) is 0 Å². The van der Waals surface area contributed by atoms with Crippen molar-refractivity contribution in [1.29, 1.82) is 0 Å². The van der Waals surface area contributed by atoms with Gasteiger partial charge in [0.2, 0.25) is 0 Å². The maximum absolute atomic E-state index is 6.04. The summed E-state index contributed by atoms with van der Waals surface area (Å²) in [6.45, 7) is 0. The Labute approximate surface area is 112 Å². The highest BCUT2D eigenvalue weighted by Crippen LogP contribution is 2.37. The molecule has 0 unspecified atom stereocenters. The van der Waals surface area contributed by atoms with Gasteiger partial charge in [0.05, 0.1) is 29.2 Å². The Morgan fingerprint density at radius 3 is 2.44 bits per heavy atom. The quantitative estimate of drug-likeness (QED) is 0.858. The van der Waals surface area contributed by atoms with Crippen LogP contribution in [0.3, 0.4) is 0 Å². The lowest BCUT2D eigenvalue weighted by atomic mass is 10.2. The molecule has 2 rings (SSSR count). The van der Waals surface area contributed by atoms with Crippen LogP contribution in [0.4, 0.5) is 17.1 Å². The molecule has 0 bridgehead atoms. The molecule has 0 amide bonds. The number of halogens is 1. The SMILES string of the molecule is COc1ccccc1N(C)c1cccc(Cl)c1N. The van der Waals surface area contributed by atoms with Crippen molar-refractivity contribution in [3.8, 4) is 5.75 Å². The highest BCUT2D eigenvalue weighted by Gasteiger charge is 2.12. The zero-order chi connectivity index (χ0) is 13.1. The van der Waals surface area contributed by atoms with Gasteiger partial charge in [-0.1, -0.05) is 29.8 Å². The first-order valence-electron chi connectivity index (χ1n) is 5.56. The van der Waals surface area contributed by atoms with Crippen molar-refractivity contribution in [2.24, 2.45) is 0 Å². The first kappa shape index (κ1) is 12.6. The molecule has 0 spiro atoms. The minimum Gasteiger partial charge on any atom is -0.495 e. The van der Waals surface area contributed by atoms with Gasteiger partial charge < -0.3 is 15.4 Å². The topological polar surface area (TPSA) is 38.5 Å². The summed E-state index contributed by atoms with van der Waals surface area (Å²) in [5.41, 5.74) is 8.35. The maximum Gasteiger partial charge on any atom is 0.142 e. The molecule has 94 valence electrons. The molecule has 3 nitrogen and oxygen atoms in total. The largest absolute Gasteiger partial charge is 0.495 e. The number of nitrogen functional groups attached to an aromatic ring is 1. The third kappa shape index (κ3) is 2.22. The molecule has 2 aromatic carbocycles. The van der Waals surface area contributed by atoms with Crippen LogP contribution in [0.15, 0.2) is 42.5 Å². The Kier molecular flexibility index (Phi) is 3.63. The van der Waals surface area contributed by atoms with Crippen molar-refractivity contribution in [3.63, 3.8) is 0 Å². The summed E-state index contributed by atoms with van der Waals surface area (Å²) in [6, 6.07) is 13.3. The minimum atomic E-state index is 0.550. The van der Waals surface area contributed by atoms with E-state index < -0.39 is 0 Å². The van der Waals surface area contributed by atoms with Crippen molar-refractivity contribution in [1.82, 2.24) is 0 Å². The smallest absolute Gasteiger partial charge is 0.142 e. The molecule has 2 N–H and O–H groups in total. The second kappa shape index (κ2) is 5.19. The lowest BCUT2D eigenvalue weighted by molar-refractivity contribution is 0.415. The fourth-order valence-corrected chi connectivity index (χ4v) is 2.02. The minimum absolute atomic E-state index is 0.550. The standard InChI is InChI=1S/C14H15ClN2O/c1-17(11-7-3-4-9-13(11)18-2)12-8-5-6-10(15)14(12)16/h3-9H,16H2,1-2H3. The third-order valence-electron chi connectivity index (χ3n) is 2.84. The first-order chi connectivity index (χ1) is 8.65. The van der Waals surface area contributed by atoms with Crippen molar-refractivity contribution in [2.45, 2.75) is 0 Å². The van der Waals surface area contributed by atoms with Crippen LogP contribution in [-0.4, -0.2) is 14.2 Å². The average Bonchev–Trinajstić information content (AvgIpc) is 2.41. The van der Waals surface area contributed by atoms with E-state index in [1.165, 1.54) is 0 Å². The predicted molar refractivity (Wildman–Crippen MR) is 76.9 cm³/mol. The average molecular weight is 263 g/mol. The van der Waals surface area contributed by atoms with Crippen LogP contribution < -0.4 is 15.4 Å². The van der Waals surface area contributed by atoms with Crippen LogP contribution in [0.1, 0.15) is 0 Å². The van der Waals surface area contributed by atoms with Gasteiger partial charge in [0, 0.05) is 7.05 Å². The molecular formula is C14H15ClN2O. The summed E-state index contributed by atoms with van der Waals surface area (Å²) in [7, 11) is 3.58. The monoisotopic (exact) mass is 262 g/mol. The van der Waals surface area contributed by atoms with E-state index in [1.807, 2.05) is 48.3 Å². The molecule has 2 aromatic rings. The highest BCUT2D eigenvalue weighted by molar-refractivity contribution is 6.33. The first-order valence-corrected chi connectivity index (χ1v) is 5.93. The maximum atomic E-state index is 6.04. The summed E-state index contributed by atoms with van der Waals surface area (Å²) < 4.78 is 5.34. The van der Waals surface area contributed by atoms with Crippen LogP contribution in [0, 0.1) is 0 Å². The van der Waals surface area contributed by atoms with E-state index in [9.17, 15) is 0 Å². The summed E-state index contributed by atoms with van der Waals surface area (Å²) in [6.07, 6.45) is 0. The Morgan fingerprint density at radius 2 is 1.72 bits per heavy atom. The predicted octanol–water partition coefficient (Wildman–Crippen LogP) is 3.70. The van der Waals surface area contributed by atoms with E-state index in [2.05, 4.69) is 0 Å². The Hall–Kier alpha value is -1.87. The van der Waals surface area contributed by atoms with Gasteiger partial charge in [0.15, 0.2) is 0 Å². The number of hydrogen-bond donors (Lipinski definition) is 1. The van der Waals surface area contributed by atoms with Crippen molar-refractivity contribution >= 4 is 28.7 Å². The van der Waals surface area contributed by atoms with Crippen molar-refractivity contribution in [2.75, 3.05) is 24.8 Å². The Balaban J connectivity index is 2.48. The fourth-order valence-electron chi connectivity index (χ4n) is 1.85. The number of benzene rings is 2. The lowest BCUT2D eigenvalue weighted by Gasteiger charge is -2.23. The molecule has 0 saturated carbocycles. The number of methoxy groups -OCH3 is 1. The van der Waals surface area contributed by atoms with Crippen LogP contribution in [0.25, 0.3) is 0 Å². The lowest BCUT2D eigenvalue weighted by Crippen LogP contribution is -2.12. The zero-order valence-corrected chi connectivity index (χ0v) is 11.1. The number of nitrogens with zero attached hydrogens (tertiary/aromatic N) is 1. The van der Waals surface area contributed by atoms with Crippen LogP contribution in [-0.2, 0) is 0 Å². The van der Waals surface area contributed by atoms with E-state index in [-0.39, 0.29) is 0 Å². The molecule has 0 fully saturated rings. The van der Waals surface area contributed by atoms with Gasteiger partial charge in [-0.2, -0.15) is 0 Å². The van der Waals surface area contributed by atoms with Gasteiger partial charge in [-0.15, -0.1) is 0 Å². The summed E-state index contributed by atoms with van der Waals surface area (Å²) in [4.78, 5) is 1.96. The molecule has 18 heavy (non-hydrogen) atoms. The van der Waals surface area contributed by atoms with E-state index in [0.717, 1.165) is 17.1 Å². The molecule has 4 heteroatoms. The molecule has 0 aliphatic heterocycles. The second-order valence-corrected chi connectivity index (χ2v) is 4.31. The number of rotatable bonds is 3. The van der Waals surface area contributed by atoms with Crippen LogP contribution in [0.2, 0.25) is 5.02 Å². The van der Waals surface area contributed by atoms with Crippen LogP contribution in [0.5, 0.6) is 5.75 Å². The van der Waals surface area contributed by atoms with Gasteiger partial charge >= 0.3 is 0 Å². The van der Waals surface area contributed by atoms with Gasteiger partial charge in [0.1, 0.15) is 5.75 Å². The van der Waals surface area contributed by atoms with E-state index in [0.29, 0.717) is 10.7 Å². The van der Waals surface area contributed by atoms with E-state index in [1.54, 1.807) is 13.2 Å². The fraction of sp³-hybridized carbons (Fsp3) is 0.143. The normalized spacial score (nSPS) is 10.2. The van der Waals surface area contributed by atoms with Crippen LogP contribution >= 0.6 is 11.6 Å². The number of ether oxygens (including phenoxy) is 1. The van der Waals surface area contributed by atoms with E-state index in [4.69, 9.17) is 22.1 Å². The van der Waals surface area contributed by atoms with Gasteiger partial charge in [-0.05, 0) is 24.3 Å². The number of para-hydroxylation sites is 3. The molecular weight excluding hydrogens is 248 g/mol. The molecule has 0 atom stereocenters. The van der Waals surface area contributed by atoms with Gasteiger partial charge in [0.25, 0.3) is 0 Å². The van der Waals surface area contributed by atoms with Crippen molar-refractivity contribution < 1.29 is 4.74 Å². The third-order valence-corrected chi connectivity index (χ3v) is 3.17. The molecule has 0 saturated heterocycles.